The minimum Gasteiger partial charge on any atom is -0.465 e. The third kappa shape index (κ3) is 4.35. The molecule has 0 unspecified atom stereocenters. The normalized spacial score (nSPS) is 15.1. The predicted molar refractivity (Wildman–Crippen MR) is 123 cm³/mol. The van der Waals surface area contributed by atoms with Gasteiger partial charge in [0.15, 0.2) is 0 Å². The van der Waals surface area contributed by atoms with Crippen LogP contribution in [0.3, 0.4) is 0 Å². The van der Waals surface area contributed by atoms with Gasteiger partial charge in [-0.25, -0.2) is 14.5 Å². The third-order valence-electron chi connectivity index (χ3n) is 5.01. The summed E-state index contributed by atoms with van der Waals surface area (Å²) in [5.74, 6) is -1.30. The second-order valence-electron chi connectivity index (χ2n) is 7.16. The van der Waals surface area contributed by atoms with E-state index in [4.69, 9.17) is 4.42 Å². The van der Waals surface area contributed by atoms with E-state index in [1.54, 1.807) is 54.6 Å². The van der Waals surface area contributed by atoms with Crippen LogP contribution in [0, 0.1) is 6.92 Å². The molecule has 1 aliphatic rings. The van der Waals surface area contributed by atoms with Crippen molar-refractivity contribution in [3.8, 4) is 11.3 Å². The highest BCUT2D eigenvalue weighted by molar-refractivity contribution is 9.10. The van der Waals surface area contributed by atoms with Crippen LogP contribution in [0.1, 0.15) is 21.7 Å². The van der Waals surface area contributed by atoms with Gasteiger partial charge in [0.05, 0.1) is 18.4 Å². The zero-order valence-corrected chi connectivity index (χ0v) is 19.1. The molecule has 2 heterocycles. The molecular weight excluding hydrogens is 492 g/mol. The minimum atomic E-state index is -0.824. The molecule has 2 aromatic carbocycles. The van der Waals surface area contributed by atoms with E-state index < -0.39 is 23.8 Å². The fourth-order valence-electron chi connectivity index (χ4n) is 3.28. The van der Waals surface area contributed by atoms with Crippen LogP contribution in [0.2, 0.25) is 0 Å². The van der Waals surface area contributed by atoms with Gasteiger partial charge in [0.1, 0.15) is 17.1 Å². The van der Waals surface area contributed by atoms with E-state index in [2.05, 4.69) is 26.0 Å². The van der Waals surface area contributed by atoms with E-state index in [1.807, 2.05) is 6.92 Å². The van der Waals surface area contributed by atoms with Crippen molar-refractivity contribution in [2.45, 2.75) is 6.92 Å². The number of urea groups is 1. The number of methoxy groups -OCH3 is 1. The summed E-state index contributed by atoms with van der Waals surface area (Å²) in [6, 6.07) is 14.0. The maximum absolute atomic E-state index is 13.0. The average Bonchev–Trinajstić information content (AvgIpc) is 3.27. The van der Waals surface area contributed by atoms with Crippen molar-refractivity contribution in [2.75, 3.05) is 12.0 Å². The molecule has 0 radical (unpaired) electrons. The van der Waals surface area contributed by atoms with Crippen LogP contribution in [-0.2, 0) is 14.3 Å². The number of anilines is 1. The number of carbonyl (C=O) groups is 4. The first kappa shape index (κ1) is 22.2. The van der Waals surface area contributed by atoms with Gasteiger partial charge in [0.25, 0.3) is 11.8 Å². The molecule has 1 aromatic heterocycles. The smallest absolute Gasteiger partial charge is 0.337 e. The Kier molecular flexibility index (Phi) is 5.97. The van der Waals surface area contributed by atoms with Crippen molar-refractivity contribution in [3.05, 3.63) is 81.5 Å². The largest absolute Gasteiger partial charge is 0.465 e. The summed E-state index contributed by atoms with van der Waals surface area (Å²) in [7, 11) is 1.30. The molecule has 166 valence electrons. The predicted octanol–water partition coefficient (Wildman–Crippen LogP) is 4.47. The van der Waals surface area contributed by atoms with Crippen LogP contribution in [0.15, 0.2) is 69.1 Å². The van der Waals surface area contributed by atoms with Gasteiger partial charge in [0.2, 0.25) is 0 Å². The fourth-order valence-corrected chi connectivity index (χ4v) is 3.52. The Hall–Kier alpha value is -3.98. The Bertz CT molecular complexity index is 1320. The number of ether oxygens (including phenoxy) is 1. The summed E-state index contributed by atoms with van der Waals surface area (Å²) in [6.45, 7) is 1.82. The lowest BCUT2D eigenvalue weighted by molar-refractivity contribution is -0.122. The number of aryl methyl sites for hydroxylation is 1. The molecular formula is C24H17BrN2O6. The van der Waals surface area contributed by atoms with E-state index in [9.17, 15) is 19.2 Å². The Morgan fingerprint density at radius 3 is 2.45 bits per heavy atom. The molecule has 0 spiro atoms. The molecule has 0 bridgehead atoms. The van der Waals surface area contributed by atoms with Crippen molar-refractivity contribution in [3.63, 3.8) is 0 Å². The Labute approximate surface area is 197 Å². The summed E-state index contributed by atoms with van der Waals surface area (Å²) < 4.78 is 11.3. The lowest BCUT2D eigenvalue weighted by atomic mass is 10.1. The van der Waals surface area contributed by atoms with Crippen molar-refractivity contribution in [1.82, 2.24) is 5.32 Å². The molecule has 1 fully saturated rings. The molecule has 33 heavy (non-hydrogen) atoms. The topological polar surface area (TPSA) is 106 Å². The number of carbonyl (C=O) groups excluding carboxylic acids is 4. The maximum Gasteiger partial charge on any atom is 0.337 e. The van der Waals surface area contributed by atoms with Crippen molar-refractivity contribution >= 4 is 51.5 Å². The number of barbiturate groups is 1. The maximum atomic E-state index is 13.0. The SMILES string of the molecule is COC(=O)c1ccc(-c2ccc(/C=C3\C(=O)NC(=O)N(c4ccc(Br)c(C)c4)C3=O)o2)cc1. The van der Waals surface area contributed by atoms with Crippen LogP contribution in [0.5, 0.6) is 0 Å². The molecule has 0 atom stereocenters. The van der Waals surface area contributed by atoms with Gasteiger partial charge in [-0.2, -0.15) is 0 Å². The molecule has 9 heteroatoms. The van der Waals surface area contributed by atoms with E-state index in [0.717, 1.165) is 14.9 Å². The van der Waals surface area contributed by atoms with Gasteiger partial charge in [-0.1, -0.05) is 28.1 Å². The number of imide groups is 2. The first-order chi connectivity index (χ1) is 15.8. The molecule has 0 aliphatic carbocycles. The molecule has 4 amide bonds. The molecule has 1 saturated heterocycles. The lowest BCUT2D eigenvalue weighted by Crippen LogP contribution is -2.54. The first-order valence-electron chi connectivity index (χ1n) is 9.74. The van der Waals surface area contributed by atoms with E-state index in [0.29, 0.717) is 22.6 Å². The second-order valence-corrected chi connectivity index (χ2v) is 8.02. The molecule has 0 saturated carbocycles. The number of benzene rings is 2. The number of nitrogens with one attached hydrogen (secondary N) is 1. The average molecular weight is 509 g/mol. The fraction of sp³-hybridized carbons (Fsp3) is 0.0833. The van der Waals surface area contributed by atoms with Gasteiger partial charge in [-0.3, -0.25) is 14.9 Å². The summed E-state index contributed by atoms with van der Waals surface area (Å²) in [6.07, 6.45) is 1.29. The summed E-state index contributed by atoms with van der Waals surface area (Å²) in [5.41, 5.74) is 2.00. The Morgan fingerprint density at radius 2 is 1.79 bits per heavy atom. The molecule has 1 N–H and O–H groups in total. The number of esters is 1. The van der Waals surface area contributed by atoms with Crippen molar-refractivity contribution in [1.29, 1.82) is 0 Å². The Morgan fingerprint density at radius 1 is 1.06 bits per heavy atom. The zero-order chi connectivity index (χ0) is 23.7. The summed E-state index contributed by atoms with van der Waals surface area (Å²) in [5, 5.41) is 2.19. The van der Waals surface area contributed by atoms with Gasteiger partial charge < -0.3 is 9.15 Å². The number of furan rings is 1. The lowest BCUT2D eigenvalue weighted by Gasteiger charge is -2.26. The highest BCUT2D eigenvalue weighted by Crippen LogP contribution is 2.28. The first-order valence-corrected chi connectivity index (χ1v) is 10.5. The third-order valence-corrected chi connectivity index (χ3v) is 5.90. The number of amides is 4. The molecule has 3 aromatic rings. The van der Waals surface area contributed by atoms with Crippen molar-refractivity contribution < 1.29 is 28.3 Å². The molecule has 1 aliphatic heterocycles. The molecule has 4 rings (SSSR count). The number of halogens is 1. The van der Waals surface area contributed by atoms with E-state index in [-0.39, 0.29) is 11.3 Å². The zero-order valence-electron chi connectivity index (χ0n) is 17.5. The van der Waals surface area contributed by atoms with Gasteiger partial charge in [-0.05, 0) is 61.0 Å². The summed E-state index contributed by atoms with van der Waals surface area (Å²) >= 11 is 3.38. The van der Waals surface area contributed by atoms with Gasteiger partial charge in [0, 0.05) is 10.0 Å². The van der Waals surface area contributed by atoms with E-state index in [1.165, 1.54) is 13.2 Å². The number of rotatable bonds is 4. The quantitative estimate of drug-likeness (QED) is 0.316. The van der Waals surface area contributed by atoms with Crippen LogP contribution in [-0.4, -0.2) is 30.9 Å². The van der Waals surface area contributed by atoms with Crippen molar-refractivity contribution in [2.24, 2.45) is 0 Å². The highest BCUT2D eigenvalue weighted by atomic mass is 79.9. The van der Waals surface area contributed by atoms with Crippen LogP contribution >= 0.6 is 15.9 Å². The van der Waals surface area contributed by atoms with Gasteiger partial charge in [-0.15, -0.1) is 0 Å². The second kappa shape index (κ2) is 8.87. The van der Waals surface area contributed by atoms with Crippen LogP contribution in [0.4, 0.5) is 10.5 Å². The van der Waals surface area contributed by atoms with Gasteiger partial charge >= 0.3 is 12.0 Å². The van der Waals surface area contributed by atoms with E-state index >= 15 is 0 Å². The summed E-state index contributed by atoms with van der Waals surface area (Å²) in [4.78, 5) is 50.3. The number of nitrogens with zero attached hydrogens (tertiary/aromatic N) is 1. The minimum absolute atomic E-state index is 0.239. The molecule has 8 nitrogen and oxygen atoms in total. The standard InChI is InChI=1S/C24H17BrN2O6/c1-13-11-16(7-9-19(13)25)27-22(29)18(21(28)26-24(27)31)12-17-8-10-20(33-17)14-3-5-15(6-4-14)23(30)32-2/h3-12H,1-2H3,(H,26,28,31)/b18-12+. The Balaban J connectivity index is 1.63. The van der Waals surface area contributed by atoms with Crippen LogP contribution in [0.25, 0.3) is 17.4 Å². The van der Waals surface area contributed by atoms with Crippen LogP contribution < -0.4 is 10.2 Å². The monoisotopic (exact) mass is 508 g/mol. The number of hydrogen-bond donors (Lipinski definition) is 1. The highest BCUT2D eigenvalue weighted by Gasteiger charge is 2.37. The number of hydrogen-bond acceptors (Lipinski definition) is 6.